The Morgan fingerprint density at radius 2 is 1.91 bits per heavy atom. The van der Waals surface area contributed by atoms with Crippen LogP contribution >= 0.6 is 11.3 Å². The highest BCUT2D eigenvalue weighted by atomic mass is 32.2. The molecule has 1 aliphatic carbocycles. The van der Waals surface area contributed by atoms with Gasteiger partial charge in [-0.15, -0.1) is 10.2 Å². The van der Waals surface area contributed by atoms with Gasteiger partial charge in [0, 0.05) is 44.7 Å². The molecule has 1 aromatic carbocycles. The Hall–Kier alpha value is -4.08. The third-order valence-electron chi connectivity index (χ3n) is 7.86. The SMILES string of the molecule is C[C@@H]1CN(C(=O)N(C)C)[C@@H](C)CN1c1ncnc2c1c1cc(F)c(S(=O)(=O)NC3(C#N)CC3)cc1n2-c1nnc(C(F)F)s1. The van der Waals surface area contributed by atoms with Crippen LogP contribution < -0.4 is 9.62 Å². The van der Waals surface area contributed by atoms with Crippen LogP contribution in [0.15, 0.2) is 23.4 Å². The number of fused-ring (bicyclic) bond motifs is 3. The molecule has 0 spiro atoms. The van der Waals surface area contributed by atoms with Gasteiger partial charge in [-0.25, -0.2) is 36.4 Å². The van der Waals surface area contributed by atoms with Crippen LogP contribution in [0, 0.1) is 17.1 Å². The van der Waals surface area contributed by atoms with Crippen molar-refractivity contribution in [3.63, 3.8) is 0 Å². The number of nitriles is 1. The van der Waals surface area contributed by atoms with Crippen molar-refractivity contribution in [1.29, 1.82) is 5.26 Å². The minimum atomic E-state index is -4.50. The lowest BCUT2D eigenvalue weighted by atomic mass is 10.1. The van der Waals surface area contributed by atoms with E-state index >= 15 is 4.39 Å². The lowest BCUT2D eigenvalue weighted by molar-refractivity contribution is 0.137. The van der Waals surface area contributed by atoms with E-state index in [0.717, 1.165) is 12.1 Å². The fourth-order valence-corrected chi connectivity index (χ4v) is 7.63. The van der Waals surface area contributed by atoms with Gasteiger partial charge >= 0.3 is 6.03 Å². The molecule has 1 aliphatic heterocycles. The number of aromatic nitrogens is 5. The van der Waals surface area contributed by atoms with Crippen LogP contribution in [0.4, 0.5) is 23.8 Å². The van der Waals surface area contributed by atoms with Gasteiger partial charge in [-0.1, -0.05) is 11.3 Å². The van der Waals surface area contributed by atoms with Crippen molar-refractivity contribution in [2.45, 2.75) is 55.6 Å². The number of hydrogen-bond donors (Lipinski definition) is 1. The summed E-state index contributed by atoms with van der Waals surface area (Å²) in [5.74, 6) is -0.691. The van der Waals surface area contributed by atoms with Crippen LogP contribution in [-0.2, 0) is 10.0 Å². The molecule has 18 heteroatoms. The van der Waals surface area contributed by atoms with E-state index < -0.39 is 37.7 Å². The zero-order valence-electron chi connectivity index (χ0n) is 24.0. The number of nitrogens with zero attached hydrogens (tertiary/aromatic N) is 9. The average molecular weight is 649 g/mol. The summed E-state index contributed by atoms with van der Waals surface area (Å²) >= 11 is 0.584. The standard InChI is InChI=1S/C26H27F3N10O3S2/c1-13-10-38(25(40)36(3)4)14(2)9-37(13)21-19-15-7-16(27)18(44(41,42)35-26(11-30)5-6-26)8-17(15)39(22(19)32-12-31-21)24-34-33-23(43-24)20(28)29/h7-8,12-14,20,35H,5-6,9-10H2,1-4H3/t13-,14+/m1/s1. The maximum atomic E-state index is 15.8. The number of urea groups is 1. The molecule has 13 nitrogen and oxygen atoms in total. The maximum absolute atomic E-state index is 15.8. The number of hydrogen-bond acceptors (Lipinski definition) is 10. The largest absolute Gasteiger partial charge is 0.349 e. The second-order valence-electron chi connectivity index (χ2n) is 11.2. The number of alkyl halides is 2. The third-order valence-corrected chi connectivity index (χ3v) is 10.3. The van der Waals surface area contributed by atoms with Gasteiger partial charge in [-0.05, 0) is 38.8 Å². The third kappa shape index (κ3) is 4.88. The van der Waals surface area contributed by atoms with E-state index in [1.807, 2.05) is 24.8 Å². The van der Waals surface area contributed by atoms with E-state index in [1.165, 1.54) is 15.8 Å². The Kier molecular flexibility index (Phi) is 7.17. The molecule has 4 heterocycles. The van der Waals surface area contributed by atoms with Crippen molar-refractivity contribution in [2.75, 3.05) is 32.1 Å². The van der Waals surface area contributed by atoms with Gasteiger partial charge in [0.1, 0.15) is 28.4 Å². The quantitative estimate of drug-likeness (QED) is 0.331. The summed E-state index contributed by atoms with van der Waals surface area (Å²) in [6, 6.07) is 3.42. The first-order chi connectivity index (χ1) is 20.8. The number of piperazine rings is 1. The second kappa shape index (κ2) is 10.5. The Morgan fingerprint density at radius 1 is 1.18 bits per heavy atom. The molecule has 6 rings (SSSR count). The van der Waals surface area contributed by atoms with Crippen LogP contribution in [0.25, 0.3) is 27.1 Å². The molecule has 1 saturated carbocycles. The first-order valence-electron chi connectivity index (χ1n) is 13.6. The zero-order valence-corrected chi connectivity index (χ0v) is 25.6. The molecular weight excluding hydrogens is 621 g/mol. The summed E-state index contributed by atoms with van der Waals surface area (Å²) in [7, 11) is -1.16. The Morgan fingerprint density at radius 3 is 2.52 bits per heavy atom. The highest BCUT2D eigenvalue weighted by Gasteiger charge is 2.47. The van der Waals surface area contributed by atoms with Gasteiger partial charge < -0.3 is 14.7 Å². The van der Waals surface area contributed by atoms with Crippen molar-refractivity contribution in [3.05, 3.63) is 29.3 Å². The topological polar surface area (TPSA) is 153 Å². The summed E-state index contributed by atoms with van der Waals surface area (Å²) in [5, 5.41) is 16.9. The molecule has 2 aliphatic rings. The first kappa shape index (κ1) is 30.0. The number of anilines is 1. The number of rotatable bonds is 6. The fraction of sp³-hybridized carbons (Fsp3) is 0.462. The van der Waals surface area contributed by atoms with Gasteiger partial charge in [-0.3, -0.25) is 4.57 Å². The Bertz CT molecular complexity index is 1950. The average Bonchev–Trinajstić information content (AvgIpc) is 3.41. The van der Waals surface area contributed by atoms with Crippen molar-refractivity contribution in [3.8, 4) is 11.2 Å². The van der Waals surface area contributed by atoms with Gasteiger partial charge in [0.05, 0.1) is 17.0 Å². The normalized spacial score (nSPS) is 20.0. The summed E-state index contributed by atoms with van der Waals surface area (Å²) in [6.45, 7) is 4.53. The van der Waals surface area contributed by atoms with E-state index in [4.69, 9.17) is 0 Å². The lowest BCUT2D eigenvalue weighted by Crippen LogP contribution is -2.60. The first-order valence-corrected chi connectivity index (χ1v) is 15.9. The molecule has 3 aromatic heterocycles. The predicted molar refractivity (Wildman–Crippen MR) is 155 cm³/mol. The summed E-state index contributed by atoms with van der Waals surface area (Å²) in [5.41, 5.74) is -1.02. The minimum absolute atomic E-state index is 0.0358. The highest BCUT2D eigenvalue weighted by Crippen LogP contribution is 2.41. The van der Waals surface area contributed by atoms with Crippen molar-refractivity contribution in [2.24, 2.45) is 0 Å². The monoisotopic (exact) mass is 648 g/mol. The van der Waals surface area contributed by atoms with Crippen molar-refractivity contribution >= 4 is 55.1 Å². The number of carbonyl (C=O) groups excluding carboxylic acids is 1. The van der Waals surface area contributed by atoms with E-state index in [-0.39, 0.29) is 52.6 Å². The second-order valence-corrected chi connectivity index (χ2v) is 13.9. The molecule has 0 radical (unpaired) electrons. The van der Waals surface area contributed by atoms with Gasteiger partial charge in [0.2, 0.25) is 15.2 Å². The lowest BCUT2D eigenvalue weighted by Gasteiger charge is -2.45. The number of nitrogens with one attached hydrogen (secondary N) is 1. The van der Waals surface area contributed by atoms with Crippen LogP contribution in [0.3, 0.4) is 0 Å². The molecule has 1 saturated heterocycles. The fourth-order valence-electron chi connectivity index (χ4n) is 5.46. The van der Waals surface area contributed by atoms with E-state index in [1.54, 1.807) is 19.0 Å². The van der Waals surface area contributed by atoms with Crippen LogP contribution in [0.5, 0.6) is 0 Å². The molecule has 2 amide bonds. The van der Waals surface area contributed by atoms with Crippen LogP contribution in [0.1, 0.15) is 38.1 Å². The molecule has 4 aromatic rings. The van der Waals surface area contributed by atoms with Gasteiger partial charge in [0.25, 0.3) is 6.43 Å². The maximum Gasteiger partial charge on any atom is 0.319 e. The van der Waals surface area contributed by atoms with Gasteiger partial charge in [-0.2, -0.15) is 9.98 Å². The van der Waals surface area contributed by atoms with Crippen LogP contribution in [0.2, 0.25) is 0 Å². The molecule has 44 heavy (non-hydrogen) atoms. The minimum Gasteiger partial charge on any atom is -0.349 e. The Labute approximate surface area is 253 Å². The Balaban J connectivity index is 1.56. The summed E-state index contributed by atoms with van der Waals surface area (Å²) < 4.78 is 73.0. The van der Waals surface area contributed by atoms with Crippen molar-refractivity contribution < 1.29 is 26.4 Å². The molecule has 1 N–H and O–H groups in total. The molecule has 232 valence electrons. The number of amides is 2. The predicted octanol–water partition coefficient (Wildman–Crippen LogP) is 3.42. The summed E-state index contributed by atoms with van der Waals surface area (Å²) in [6.07, 6.45) is -1.05. The number of carbonyl (C=O) groups is 1. The van der Waals surface area contributed by atoms with Crippen molar-refractivity contribution in [1.82, 2.24) is 39.3 Å². The van der Waals surface area contributed by atoms with Crippen LogP contribution in [-0.4, -0.2) is 93.8 Å². The van der Waals surface area contributed by atoms with E-state index in [2.05, 4.69) is 24.9 Å². The van der Waals surface area contributed by atoms with Gasteiger partial charge in [0.15, 0.2) is 10.7 Å². The molecule has 0 unspecified atom stereocenters. The number of halogens is 3. The number of benzene rings is 1. The van der Waals surface area contributed by atoms with E-state index in [0.29, 0.717) is 35.6 Å². The molecular formula is C26H27F3N10O3S2. The molecule has 0 bridgehead atoms. The number of sulfonamides is 1. The zero-order chi connectivity index (χ0) is 31.7. The smallest absolute Gasteiger partial charge is 0.319 e. The highest BCUT2D eigenvalue weighted by molar-refractivity contribution is 7.89. The van der Waals surface area contributed by atoms with E-state index in [9.17, 15) is 27.3 Å². The molecule has 2 fully saturated rings. The summed E-state index contributed by atoms with van der Waals surface area (Å²) in [4.78, 5) is 26.2. The molecule has 2 atom stereocenters.